The van der Waals surface area contributed by atoms with Crippen molar-refractivity contribution in [3.8, 4) is 0 Å². The average molecular weight is 257 g/mol. The van der Waals surface area contributed by atoms with Crippen molar-refractivity contribution >= 4 is 11.9 Å². The molecule has 0 aromatic heterocycles. The second kappa shape index (κ2) is 5.69. The Morgan fingerprint density at radius 1 is 1.28 bits per heavy atom. The van der Waals surface area contributed by atoms with Crippen LogP contribution in [0.5, 0.6) is 0 Å². The van der Waals surface area contributed by atoms with E-state index in [1.807, 2.05) is 0 Å². The fraction of sp³-hybridized carbons (Fsp3) is 0.846. The van der Waals surface area contributed by atoms with Gasteiger partial charge in [0.2, 0.25) is 5.91 Å². The number of nitrogens with zero attached hydrogens (tertiary/aromatic N) is 1. The Hall–Kier alpha value is -1.10. The van der Waals surface area contributed by atoms with Crippen LogP contribution in [-0.2, 0) is 14.3 Å². The first-order valence-electron chi connectivity index (χ1n) is 6.31. The summed E-state index contributed by atoms with van der Waals surface area (Å²) in [4.78, 5) is 25.2. The van der Waals surface area contributed by atoms with Crippen LogP contribution in [0.1, 0.15) is 33.6 Å². The van der Waals surface area contributed by atoms with Crippen molar-refractivity contribution in [3.63, 3.8) is 0 Å². The summed E-state index contributed by atoms with van der Waals surface area (Å²) >= 11 is 0. The van der Waals surface area contributed by atoms with Crippen molar-refractivity contribution in [2.24, 2.45) is 11.3 Å². The van der Waals surface area contributed by atoms with E-state index in [0.717, 1.165) is 12.8 Å². The van der Waals surface area contributed by atoms with Gasteiger partial charge in [-0.3, -0.25) is 9.59 Å². The highest BCUT2D eigenvalue weighted by molar-refractivity contribution is 5.97. The van der Waals surface area contributed by atoms with Crippen molar-refractivity contribution in [1.29, 1.82) is 0 Å². The predicted molar refractivity (Wildman–Crippen MR) is 67.2 cm³/mol. The minimum atomic E-state index is -1.04. The van der Waals surface area contributed by atoms with Gasteiger partial charge in [0.15, 0.2) is 0 Å². The SMILES string of the molecule is COC1CCN(C(=O)C(C(=O)O)C(C)(C)C)CC1. The Bertz CT molecular complexity index is 313. The first kappa shape index (κ1) is 15.0. The van der Waals surface area contributed by atoms with Crippen LogP contribution < -0.4 is 0 Å². The van der Waals surface area contributed by atoms with Crippen LogP contribution in [0, 0.1) is 11.3 Å². The molecule has 0 aliphatic carbocycles. The van der Waals surface area contributed by atoms with Gasteiger partial charge in [0.05, 0.1) is 6.10 Å². The molecule has 0 aromatic rings. The number of carboxylic acids is 1. The molecule has 0 saturated carbocycles. The zero-order valence-corrected chi connectivity index (χ0v) is 11.6. The fourth-order valence-corrected chi connectivity index (χ4v) is 2.34. The van der Waals surface area contributed by atoms with E-state index in [1.165, 1.54) is 0 Å². The lowest BCUT2D eigenvalue weighted by molar-refractivity contribution is -0.157. The number of methoxy groups -OCH3 is 1. The third-order valence-corrected chi connectivity index (χ3v) is 3.45. The number of ether oxygens (including phenoxy) is 1. The molecule has 1 heterocycles. The van der Waals surface area contributed by atoms with Crippen molar-refractivity contribution in [1.82, 2.24) is 4.90 Å². The Kier molecular flexibility index (Phi) is 4.73. The van der Waals surface area contributed by atoms with Gasteiger partial charge in [0.1, 0.15) is 5.92 Å². The quantitative estimate of drug-likeness (QED) is 0.775. The number of piperidine rings is 1. The van der Waals surface area contributed by atoms with Gasteiger partial charge in [0, 0.05) is 20.2 Å². The number of rotatable bonds is 3. The van der Waals surface area contributed by atoms with Gasteiger partial charge in [-0.2, -0.15) is 0 Å². The van der Waals surface area contributed by atoms with E-state index in [1.54, 1.807) is 32.8 Å². The minimum absolute atomic E-state index is 0.187. The van der Waals surface area contributed by atoms with Crippen molar-refractivity contribution in [2.45, 2.75) is 39.7 Å². The molecule has 5 heteroatoms. The van der Waals surface area contributed by atoms with Gasteiger partial charge in [-0.15, -0.1) is 0 Å². The maximum atomic E-state index is 12.3. The van der Waals surface area contributed by atoms with Crippen molar-refractivity contribution in [3.05, 3.63) is 0 Å². The highest BCUT2D eigenvalue weighted by atomic mass is 16.5. The van der Waals surface area contributed by atoms with Gasteiger partial charge in [-0.1, -0.05) is 20.8 Å². The van der Waals surface area contributed by atoms with Crippen LogP contribution in [-0.4, -0.2) is 48.2 Å². The zero-order chi connectivity index (χ0) is 13.9. The molecule has 1 amide bonds. The lowest BCUT2D eigenvalue weighted by Gasteiger charge is -2.36. The first-order chi connectivity index (χ1) is 8.27. The number of amides is 1. The maximum Gasteiger partial charge on any atom is 0.316 e. The van der Waals surface area contributed by atoms with E-state index in [9.17, 15) is 14.7 Å². The Morgan fingerprint density at radius 3 is 2.11 bits per heavy atom. The third-order valence-electron chi connectivity index (χ3n) is 3.45. The maximum absolute atomic E-state index is 12.3. The molecule has 1 rings (SSSR count). The highest BCUT2D eigenvalue weighted by Gasteiger charge is 2.40. The van der Waals surface area contributed by atoms with E-state index in [0.29, 0.717) is 13.1 Å². The number of carbonyl (C=O) groups is 2. The normalized spacial score (nSPS) is 19.7. The lowest BCUT2D eigenvalue weighted by Crippen LogP contribution is -2.48. The number of hydrogen-bond acceptors (Lipinski definition) is 3. The monoisotopic (exact) mass is 257 g/mol. The number of aliphatic carboxylic acids is 1. The Balaban J connectivity index is 2.71. The molecule has 1 atom stereocenters. The second-order valence-corrected chi connectivity index (χ2v) is 5.90. The summed E-state index contributed by atoms with van der Waals surface area (Å²) in [5, 5.41) is 9.24. The number of carbonyl (C=O) groups excluding carboxylic acids is 1. The zero-order valence-electron chi connectivity index (χ0n) is 11.6. The molecule has 0 spiro atoms. The Labute approximate surface area is 108 Å². The van der Waals surface area contributed by atoms with Crippen LogP contribution in [0.4, 0.5) is 0 Å². The third kappa shape index (κ3) is 3.45. The van der Waals surface area contributed by atoms with E-state index in [2.05, 4.69) is 0 Å². The molecule has 1 fully saturated rings. The largest absolute Gasteiger partial charge is 0.481 e. The predicted octanol–water partition coefficient (Wildman–Crippen LogP) is 1.37. The summed E-state index contributed by atoms with van der Waals surface area (Å²) < 4.78 is 5.24. The first-order valence-corrected chi connectivity index (χ1v) is 6.31. The van der Waals surface area contributed by atoms with Crippen LogP contribution in [0.15, 0.2) is 0 Å². The van der Waals surface area contributed by atoms with Crippen LogP contribution in [0.25, 0.3) is 0 Å². The van der Waals surface area contributed by atoms with Gasteiger partial charge in [-0.25, -0.2) is 0 Å². The molecule has 5 nitrogen and oxygen atoms in total. The molecule has 1 N–H and O–H groups in total. The topological polar surface area (TPSA) is 66.8 Å². The smallest absolute Gasteiger partial charge is 0.316 e. The van der Waals surface area contributed by atoms with Crippen LogP contribution in [0.2, 0.25) is 0 Å². The molecule has 1 aliphatic heterocycles. The molecule has 104 valence electrons. The van der Waals surface area contributed by atoms with Crippen LogP contribution in [0.3, 0.4) is 0 Å². The standard InChI is InChI=1S/C13H23NO4/c1-13(2,3)10(12(16)17)11(15)14-7-5-9(18-4)6-8-14/h9-10H,5-8H2,1-4H3,(H,16,17). The molecule has 0 bridgehead atoms. The summed E-state index contributed by atoms with van der Waals surface area (Å²) in [5.74, 6) is -2.29. The lowest BCUT2D eigenvalue weighted by atomic mass is 9.79. The van der Waals surface area contributed by atoms with E-state index >= 15 is 0 Å². The molecule has 0 aromatic carbocycles. The fourth-order valence-electron chi connectivity index (χ4n) is 2.34. The number of carboxylic acid groups (broad SMARTS) is 1. The second-order valence-electron chi connectivity index (χ2n) is 5.90. The minimum Gasteiger partial charge on any atom is -0.481 e. The number of hydrogen-bond donors (Lipinski definition) is 1. The van der Waals surface area contributed by atoms with E-state index < -0.39 is 17.3 Å². The molecule has 0 radical (unpaired) electrons. The summed E-state index contributed by atoms with van der Waals surface area (Å²) in [6.45, 7) is 6.51. The van der Waals surface area contributed by atoms with Crippen molar-refractivity contribution in [2.75, 3.05) is 20.2 Å². The van der Waals surface area contributed by atoms with E-state index in [-0.39, 0.29) is 12.0 Å². The molecule has 1 aliphatic rings. The van der Waals surface area contributed by atoms with E-state index in [4.69, 9.17) is 4.74 Å². The van der Waals surface area contributed by atoms with Gasteiger partial charge in [0.25, 0.3) is 0 Å². The van der Waals surface area contributed by atoms with Crippen molar-refractivity contribution < 1.29 is 19.4 Å². The molecule has 1 unspecified atom stereocenters. The molecular formula is C13H23NO4. The summed E-state index contributed by atoms with van der Waals surface area (Å²) in [6, 6.07) is 0. The Morgan fingerprint density at radius 2 is 1.78 bits per heavy atom. The molecule has 18 heavy (non-hydrogen) atoms. The van der Waals surface area contributed by atoms with Crippen LogP contribution >= 0.6 is 0 Å². The summed E-state index contributed by atoms with van der Waals surface area (Å²) in [7, 11) is 1.66. The van der Waals surface area contributed by atoms with Gasteiger partial charge < -0.3 is 14.7 Å². The molecular weight excluding hydrogens is 234 g/mol. The summed E-state index contributed by atoms with van der Waals surface area (Å²) in [6.07, 6.45) is 1.74. The van der Waals surface area contributed by atoms with Gasteiger partial charge >= 0.3 is 5.97 Å². The number of likely N-dealkylation sites (tertiary alicyclic amines) is 1. The summed E-state index contributed by atoms with van der Waals surface area (Å²) in [5.41, 5.74) is -0.568. The average Bonchev–Trinajstić information content (AvgIpc) is 2.26. The highest BCUT2D eigenvalue weighted by Crippen LogP contribution is 2.29. The van der Waals surface area contributed by atoms with Gasteiger partial charge in [-0.05, 0) is 18.3 Å². The molecule has 1 saturated heterocycles.